The van der Waals surface area contributed by atoms with Crippen LogP contribution < -0.4 is 4.74 Å². The van der Waals surface area contributed by atoms with Gasteiger partial charge in [0.25, 0.3) is 5.91 Å². The number of amides is 1. The van der Waals surface area contributed by atoms with Crippen molar-refractivity contribution >= 4 is 5.91 Å². The van der Waals surface area contributed by atoms with Crippen LogP contribution in [0.15, 0.2) is 24.3 Å². The number of ether oxygens (including phenoxy) is 3. The van der Waals surface area contributed by atoms with E-state index in [2.05, 4.69) is 13.8 Å². The Labute approximate surface area is 144 Å². The largest absolute Gasteiger partial charge is 0.491 e. The summed E-state index contributed by atoms with van der Waals surface area (Å²) in [6.45, 7) is 8.49. The highest BCUT2D eigenvalue weighted by molar-refractivity contribution is 5.94. The predicted molar refractivity (Wildman–Crippen MR) is 93.6 cm³/mol. The molecule has 0 aromatic heterocycles. The third-order valence-corrected chi connectivity index (χ3v) is 4.32. The molecule has 5 heteroatoms. The van der Waals surface area contributed by atoms with E-state index in [9.17, 15) is 4.79 Å². The monoisotopic (exact) mass is 335 g/mol. The maximum absolute atomic E-state index is 12.8. The Hall–Kier alpha value is -1.59. The first kappa shape index (κ1) is 18.7. The second-order valence-corrected chi connectivity index (χ2v) is 6.74. The molecule has 0 N–H and O–H groups in total. The van der Waals surface area contributed by atoms with Crippen molar-refractivity contribution in [3.8, 4) is 5.75 Å². The highest BCUT2D eigenvalue weighted by Gasteiger charge is 2.33. The Morgan fingerprint density at radius 3 is 2.88 bits per heavy atom. The number of hydrogen-bond donors (Lipinski definition) is 0. The number of carbonyl (C=O) groups excluding carboxylic acids is 1. The van der Waals surface area contributed by atoms with Gasteiger partial charge in [0.15, 0.2) is 0 Å². The van der Waals surface area contributed by atoms with Crippen LogP contribution in [0.3, 0.4) is 0 Å². The van der Waals surface area contributed by atoms with Crippen molar-refractivity contribution in [3.05, 3.63) is 29.8 Å². The third-order valence-electron chi connectivity index (χ3n) is 4.32. The summed E-state index contributed by atoms with van der Waals surface area (Å²) in [5.41, 5.74) is 0.470. The van der Waals surface area contributed by atoms with Crippen molar-refractivity contribution in [3.63, 3.8) is 0 Å². The van der Waals surface area contributed by atoms with Gasteiger partial charge in [-0.05, 0) is 51.8 Å². The summed E-state index contributed by atoms with van der Waals surface area (Å²) in [4.78, 5) is 14.6. The van der Waals surface area contributed by atoms with Gasteiger partial charge in [0.1, 0.15) is 12.4 Å². The van der Waals surface area contributed by atoms with E-state index < -0.39 is 0 Å². The number of benzene rings is 1. The summed E-state index contributed by atoms with van der Waals surface area (Å²) in [6, 6.07) is 7.54. The lowest BCUT2D eigenvalue weighted by Crippen LogP contribution is -2.46. The van der Waals surface area contributed by atoms with Crippen LogP contribution in [-0.2, 0) is 9.47 Å². The van der Waals surface area contributed by atoms with Crippen LogP contribution in [0.25, 0.3) is 0 Å². The van der Waals surface area contributed by atoms with Gasteiger partial charge in [-0.15, -0.1) is 0 Å². The molecule has 2 rings (SSSR count). The highest BCUT2D eigenvalue weighted by atomic mass is 16.5. The average molecular weight is 335 g/mol. The first-order valence-corrected chi connectivity index (χ1v) is 8.64. The molecule has 1 aliphatic heterocycles. The second-order valence-electron chi connectivity index (χ2n) is 6.74. The van der Waals surface area contributed by atoms with E-state index in [-0.39, 0.29) is 17.6 Å². The van der Waals surface area contributed by atoms with Gasteiger partial charge in [-0.25, -0.2) is 0 Å². The minimum absolute atomic E-state index is 0.0213. The van der Waals surface area contributed by atoms with E-state index in [4.69, 9.17) is 14.2 Å². The second kappa shape index (κ2) is 8.49. The molecule has 1 aromatic rings. The molecule has 1 fully saturated rings. The molecular weight excluding hydrogens is 306 g/mol. The van der Waals surface area contributed by atoms with E-state index in [1.807, 2.05) is 37.1 Å². The van der Waals surface area contributed by atoms with Crippen molar-refractivity contribution < 1.29 is 19.0 Å². The fourth-order valence-corrected chi connectivity index (χ4v) is 2.98. The van der Waals surface area contributed by atoms with Crippen molar-refractivity contribution in [2.45, 2.75) is 45.3 Å². The fraction of sp³-hybridized carbons (Fsp3) is 0.632. The van der Waals surface area contributed by atoms with Crippen LogP contribution in [0, 0.1) is 0 Å². The molecule has 1 heterocycles. The zero-order chi connectivity index (χ0) is 17.6. The maximum Gasteiger partial charge on any atom is 0.253 e. The lowest BCUT2D eigenvalue weighted by Gasteiger charge is -2.39. The average Bonchev–Trinajstić information content (AvgIpc) is 2.57. The van der Waals surface area contributed by atoms with Gasteiger partial charge in [-0.3, -0.25) is 4.79 Å². The molecule has 134 valence electrons. The molecule has 0 spiro atoms. The van der Waals surface area contributed by atoms with Gasteiger partial charge in [0, 0.05) is 31.9 Å². The Morgan fingerprint density at radius 1 is 1.38 bits per heavy atom. The van der Waals surface area contributed by atoms with Gasteiger partial charge in [0.2, 0.25) is 0 Å². The zero-order valence-corrected chi connectivity index (χ0v) is 15.2. The fourth-order valence-electron chi connectivity index (χ4n) is 2.98. The topological polar surface area (TPSA) is 48.0 Å². The first-order valence-electron chi connectivity index (χ1n) is 8.64. The Morgan fingerprint density at radius 2 is 2.17 bits per heavy atom. The molecule has 1 aliphatic rings. The summed E-state index contributed by atoms with van der Waals surface area (Å²) >= 11 is 0. The number of hydrogen-bond acceptors (Lipinski definition) is 4. The summed E-state index contributed by atoms with van der Waals surface area (Å²) in [5, 5.41) is 0. The van der Waals surface area contributed by atoms with Crippen LogP contribution in [0.4, 0.5) is 0 Å². The van der Waals surface area contributed by atoms with Crippen LogP contribution in [0.2, 0.25) is 0 Å². The van der Waals surface area contributed by atoms with Crippen molar-refractivity contribution in [2.24, 2.45) is 0 Å². The Kier molecular flexibility index (Phi) is 6.63. The number of rotatable bonds is 7. The number of nitrogens with zero attached hydrogens (tertiary/aromatic N) is 1. The van der Waals surface area contributed by atoms with Crippen molar-refractivity contribution in [1.29, 1.82) is 0 Å². The molecule has 5 nitrogen and oxygen atoms in total. The molecular formula is C19H29NO4. The molecule has 24 heavy (non-hydrogen) atoms. The van der Waals surface area contributed by atoms with E-state index in [1.54, 1.807) is 6.07 Å². The summed E-state index contributed by atoms with van der Waals surface area (Å²) in [7, 11) is 1.87. The SMILES string of the molecule is CCOCCOc1cccc(C(=O)N(C)C2CCOC(C)(C)C2)c1. The lowest BCUT2D eigenvalue weighted by molar-refractivity contribution is -0.0756. The molecule has 1 unspecified atom stereocenters. The van der Waals surface area contributed by atoms with Crippen LogP contribution in [0.5, 0.6) is 5.75 Å². The minimum Gasteiger partial charge on any atom is -0.491 e. The molecule has 0 radical (unpaired) electrons. The van der Waals surface area contributed by atoms with Gasteiger partial charge in [-0.2, -0.15) is 0 Å². The van der Waals surface area contributed by atoms with Crippen LogP contribution in [-0.4, -0.2) is 55.9 Å². The normalized spacial score (nSPS) is 19.8. The molecule has 1 atom stereocenters. The van der Waals surface area contributed by atoms with Crippen molar-refractivity contribution in [1.82, 2.24) is 4.90 Å². The molecule has 1 aromatic carbocycles. The highest BCUT2D eigenvalue weighted by Crippen LogP contribution is 2.28. The molecule has 0 saturated carbocycles. The summed E-state index contributed by atoms with van der Waals surface area (Å²) < 4.78 is 16.6. The molecule has 0 bridgehead atoms. The molecule has 1 amide bonds. The maximum atomic E-state index is 12.8. The summed E-state index contributed by atoms with van der Waals surface area (Å²) in [5.74, 6) is 0.717. The van der Waals surface area contributed by atoms with Gasteiger partial charge >= 0.3 is 0 Å². The predicted octanol–water partition coefficient (Wildman–Crippen LogP) is 3.13. The van der Waals surface area contributed by atoms with Crippen molar-refractivity contribution in [2.75, 3.05) is 33.5 Å². The Bertz CT molecular complexity index is 544. The van der Waals surface area contributed by atoms with E-state index >= 15 is 0 Å². The third kappa shape index (κ3) is 5.21. The van der Waals surface area contributed by atoms with Crippen LogP contribution in [0.1, 0.15) is 44.0 Å². The number of carbonyl (C=O) groups is 1. The quantitative estimate of drug-likeness (QED) is 0.718. The van der Waals surface area contributed by atoms with E-state index in [1.165, 1.54) is 0 Å². The van der Waals surface area contributed by atoms with E-state index in [0.717, 1.165) is 12.8 Å². The minimum atomic E-state index is -0.179. The summed E-state index contributed by atoms with van der Waals surface area (Å²) in [6.07, 6.45) is 1.72. The smallest absolute Gasteiger partial charge is 0.253 e. The molecule has 1 saturated heterocycles. The van der Waals surface area contributed by atoms with E-state index in [0.29, 0.717) is 37.7 Å². The lowest BCUT2D eigenvalue weighted by atomic mass is 9.92. The van der Waals surface area contributed by atoms with Gasteiger partial charge in [0.05, 0.1) is 12.2 Å². The first-order chi connectivity index (χ1) is 11.4. The van der Waals surface area contributed by atoms with Crippen LogP contribution >= 0.6 is 0 Å². The molecule has 0 aliphatic carbocycles. The van der Waals surface area contributed by atoms with Gasteiger partial charge in [-0.1, -0.05) is 6.07 Å². The zero-order valence-electron chi connectivity index (χ0n) is 15.2. The van der Waals surface area contributed by atoms with Gasteiger partial charge < -0.3 is 19.1 Å². The standard InChI is InChI=1S/C19H29NO4/c1-5-22-11-12-23-17-8-6-7-15(13-17)18(21)20(4)16-9-10-24-19(2,3)14-16/h6-8,13,16H,5,9-12,14H2,1-4H3. The Balaban J connectivity index is 1.98.